The number of nitrogens with one attached hydrogen (secondary N) is 1. The zero-order chi connectivity index (χ0) is 14.4. The lowest BCUT2D eigenvalue weighted by molar-refractivity contribution is -0.130. The molecule has 0 heterocycles. The minimum absolute atomic E-state index is 0.0946. The zero-order valence-corrected chi connectivity index (χ0v) is 11.8. The molecule has 4 nitrogen and oxygen atoms in total. The number of carbonyl (C=O) groups excluding carboxylic acids is 1. The van der Waals surface area contributed by atoms with Gasteiger partial charge in [0.2, 0.25) is 5.91 Å². The van der Waals surface area contributed by atoms with Crippen LogP contribution in [0.1, 0.15) is 18.4 Å². The molecular weight excluding hydrogens is 252 g/mol. The topological polar surface area (TPSA) is 64.3 Å². The average Bonchev–Trinajstić information content (AvgIpc) is 3.20. The van der Waals surface area contributed by atoms with E-state index in [1.807, 2.05) is 42.5 Å². The minimum Gasteiger partial charge on any atom is -0.371 e. The lowest BCUT2D eigenvalue weighted by Gasteiger charge is -2.14. The van der Waals surface area contributed by atoms with E-state index in [4.69, 9.17) is 10.5 Å². The highest BCUT2D eigenvalue weighted by molar-refractivity contribution is 5.81. The second-order valence-electron chi connectivity index (χ2n) is 5.29. The Morgan fingerprint density at radius 1 is 1.45 bits per heavy atom. The van der Waals surface area contributed by atoms with Gasteiger partial charge in [-0.2, -0.15) is 0 Å². The van der Waals surface area contributed by atoms with Gasteiger partial charge in [-0.3, -0.25) is 4.79 Å². The Kier molecular flexibility index (Phi) is 4.93. The van der Waals surface area contributed by atoms with Gasteiger partial charge >= 0.3 is 0 Å². The van der Waals surface area contributed by atoms with Gasteiger partial charge in [0.25, 0.3) is 0 Å². The Balaban J connectivity index is 1.78. The third-order valence-electron chi connectivity index (χ3n) is 3.51. The number of carbonyl (C=O) groups is 1. The molecule has 0 saturated heterocycles. The largest absolute Gasteiger partial charge is 0.371 e. The number of hydrogen-bond acceptors (Lipinski definition) is 3. The molecule has 1 aliphatic rings. The van der Waals surface area contributed by atoms with Crippen LogP contribution in [0.15, 0.2) is 42.5 Å². The molecule has 1 unspecified atom stereocenters. The molecule has 1 saturated carbocycles. The number of methoxy groups -OCH3 is 1. The molecule has 0 radical (unpaired) electrons. The molecule has 1 atom stereocenters. The van der Waals surface area contributed by atoms with Crippen LogP contribution in [0.5, 0.6) is 0 Å². The van der Waals surface area contributed by atoms with E-state index in [0.29, 0.717) is 13.0 Å². The van der Waals surface area contributed by atoms with Crippen molar-refractivity contribution in [1.82, 2.24) is 5.32 Å². The summed E-state index contributed by atoms with van der Waals surface area (Å²) in [5.74, 6) is -0.0946. The number of amides is 1. The Labute approximate surface area is 120 Å². The summed E-state index contributed by atoms with van der Waals surface area (Å²) in [4.78, 5) is 12.0. The molecule has 108 valence electrons. The van der Waals surface area contributed by atoms with Crippen LogP contribution in [0, 0.1) is 0 Å². The maximum Gasteiger partial charge on any atom is 0.249 e. The summed E-state index contributed by atoms with van der Waals surface area (Å²) in [6.45, 7) is 0.492. The number of hydrogen-bond donors (Lipinski definition) is 2. The number of ether oxygens (including phenoxy) is 1. The fourth-order valence-corrected chi connectivity index (χ4v) is 1.99. The Morgan fingerprint density at radius 2 is 2.15 bits per heavy atom. The van der Waals surface area contributed by atoms with Gasteiger partial charge < -0.3 is 15.8 Å². The van der Waals surface area contributed by atoms with Crippen LogP contribution in [0.3, 0.4) is 0 Å². The standard InChI is InChI=1S/C16H22N2O2/c1-20-14(12-13-6-3-2-4-7-13)15(19)18-11-5-8-16(17)9-10-16/h2-8,14H,9-12,17H2,1H3,(H,18,19)/b8-5+. The summed E-state index contributed by atoms with van der Waals surface area (Å²) >= 11 is 0. The van der Waals surface area contributed by atoms with Gasteiger partial charge in [0, 0.05) is 25.6 Å². The molecule has 20 heavy (non-hydrogen) atoms. The minimum atomic E-state index is -0.460. The van der Waals surface area contributed by atoms with Gasteiger partial charge in [-0.25, -0.2) is 0 Å². The molecule has 1 aromatic carbocycles. The SMILES string of the molecule is COC(Cc1ccccc1)C(=O)NC/C=C/C1(N)CC1. The summed E-state index contributed by atoms with van der Waals surface area (Å²) in [5.41, 5.74) is 6.90. The molecule has 3 N–H and O–H groups in total. The smallest absolute Gasteiger partial charge is 0.249 e. The van der Waals surface area contributed by atoms with Crippen LogP contribution in [0.2, 0.25) is 0 Å². The first-order valence-corrected chi connectivity index (χ1v) is 6.94. The van der Waals surface area contributed by atoms with E-state index in [9.17, 15) is 4.79 Å². The van der Waals surface area contributed by atoms with Gasteiger partial charge in [0.15, 0.2) is 0 Å². The van der Waals surface area contributed by atoms with Gasteiger partial charge in [0.1, 0.15) is 6.10 Å². The van der Waals surface area contributed by atoms with Crippen LogP contribution in [-0.4, -0.2) is 31.2 Å². The maximum atomic E-state index is 12.0. The normalized spacial score (nSPS) is 17.9. The number of rotatable bonds is 7. The molecule has 1 aliphatic carbocycles. The van der Waals surface area contributed by atoms with Crippen LogP contribution in [0.25, 0.3) is 0 Å². The first-order chi connectivity index (χ1) is 9.63. The first kappa shape index (κ1) is 14.8. The summed E-state index contributed by atoms with van der Waals surface area (Å²) < 4.78 is 5.27. The molecular formula is C16H22N2O2. The monoisotopic (exact) mass is 274 g/mol. The van der Waals surface area contributed by atoms with E-state index in [1.54, 1.807) is 7.11 Å². The lowest BCUT2D eigenvalue weighted by atomic mass is 10.1. The maximum absolute atomic E-state index is 12.0. The van der Waals surface area contributed by atoms with E-state index in [1.165, 1.54) is 0 Å². The summed E-state index contributed by atoms with van der Waals surface area (Å²) in [6.07, 6.45) is 6.08. The van der Waals surface area contributed by atoms with Gasteiger partial charge in [-0.05, 0) is 18.4 Å². The number of benzene rings is 1. The summed E-state index contributed by atoms with van der Waals surface area (Å²) in [6, 6.07) is 9.85. The fourth-order valence-electron chi connectivity index (χ4n) is 1.99. The second kappa shape index (κ2) is 6.68. The highest BCUT2D eigenvalue weighted by Crippen LogP contribution is 2.33. The average molecular weight is 274 g/mol. The molecule has 0 aromatic heterocycles. The summed E-state index contributed by atoms with van der Waals surface area (Å²) in [5, 5.41) is 2.85. The van der Waals surface area contributed by atoms with Crippen LogP contribution in [-0.2, 0) is 16.0 Å². The second-order valence-corrected chi connectivity index (χ2v) is 5.29. The van der Waals surface area contributed by atoms with Crippen molar-refractivity contribution in [1.29, 1.82) is 0 Å². The molecule has 1 amide bonds. The van der Waals surface area contributed by atoms with E-state index < -0.39 is 6.10 Å². The van der Waals surface area contributed by atoms with E-state index in [2.05, 4.69) is 5.32 Å². The van der Waals surface area contributed by atoms with E-state index >= 15 is 0 Å². The molecule has 0 spiro atoms. The highest BCUT2D eigenvalue weighted by atomic mass is 16.5. The fraction of sp³-hybridized carbons (Fsp3) is 0.438. The third-order valence-corrected chi connectivity index (χ3v) is 3.51. The lowest BCUT2D eigenvalue weighted by Crippen LogP contribution is -2.37. The van der Waals surface area contributed by atoms with Crippen molar-refractivity contribution in [2.24, 2.45) is 5.73 Å². The van der Waals surface area contributed by atoms with Gasteiger partial charge in [-0.15, -0.1) is 0 Å². The predicted molar refractivity (Wildman–Crippen MR) is 79.2 cm³/mol. The molecule has 0 bridgehead atoms. The number of nitrogens with two attached hydrogens (primary N) is 1. The van der Waals surface area contributed by atoms with Crippen molar-refractivity contribution in [2.45, 2.75) is 30.9 Å². The summed E-state index contributed by atoms with van der Waals surface area (Å²) in [7, 11) is 1.56. The van der Waals surface area contributed by atoms with Gasteiger partial charge in [-0.1, -0.05) is 42.5 Å². The van der Waals surface area contributed by atoms with Crippen molar-refractivity contribution in [3.05, 3.63) is 48.0 Å². The van der Waals surface area contributed by atoms with E-state index in [-0.39, 0.29) is 11.4 Å². The van der Waals surface area contributed by atoms with Crippen molar-refractivity contribution >= 4 is 5.91 Å². The van der Waals surface area contributed by atoms with Crippen molar-refractivity contribution in [2.75, 3.05) is 13.7 Å². The van der Waals surface area contributed by atoms with Crippen molar-refractivity contribution in [3.8, 4) is 0 Å². The molecule has 1 fully saturated rings. The molecule has 1 aromatic rings. The zero-order valence-electron chi connectivity index (χ0n) is 11.8. The highest BCUT2D eigenvalue weighted by Gasteiger charge is 2.34. The van der Waals surface area contributed by atoms with Gasteiger partial charge in [0.05, 0.1) is 0 Å². The Bertz CT molecular complexity index is 467. The van der Waals surface area contributed by atoms with Crippen LogP contribution < -0.4 is 11.1 Å². The quantitative estimate of drug-likeness (QED) is 0.739. The first-order valence-electron chi connectivity index (χ1n) is 6.94. The molecule has 2 rings (SSSR count). The van der Waals surface area contributed by atoms with E-state index in [0.717, 1.165) is 18.4 Å². The predicted octanol–water partition coefficient (Wildman–Crippen LogP) is 1.41. The Morgan fingerprint density at radius 3 is 2.75 bits per heavy atom. The van der Waals surface area contributed by atoms with Crippen LogP contribution in [0.4, 0.5) is 0 Å². The van der Waals surface area contributed by atoms with Crippen LogP contribution >= 0.6 is 0 Å². The third kappa shape index (κ3) is 4.47. The van der Waals surface area contributed by atoms with Crippen molar-refractivity contribution < 1.29 is 9.53 Å². The Hall–Kier alpha value is -1.65. The van der Waals surface area contributed by atoms with Crippen molar-refractivity contribution in [3.63, 3.8) is 0 Å². The molecule has 0 aliphatic heterocycles. The molecule has 4 heteroatoms.